The Morgan fingerprint density at radius 3 is 2.19 bits per heavy atom. The SMILES string of the molecule is C#CC1(CC(=O)N[C@H](C(=O)N2C[C@H]3[C@@H]([C@H]2C(=O)NC(CC2CC2)C(=O)C(N)=O)C3(C)C)C2CCCCC2)CCCCC1. The molecule has 9 nitrogen and oxygen atoms in total. The third kappa shape index (κ3) is 6.23. The van der Waals surface area contributed by atoms with Gasteiger partial charge in [-0.1, -0.05) is 71.1 Å². The van der Waals surface area contributed by atoms with Gasteiger partial charge in [0.1, 0.15) is 12.1 Å². The number of fused-ring (bicyclic) bond motifs is 1. The lowest BCUT2D eigenvalue weighted by atomic mass is 9.72. The summed E-state index contributed by atoms with van der Waals surface area (Å²) in [5.41, 5.74) is 4.73. The van der Waals surface area contributed by atoms with E-state index in [1.807, 2.05) is 0 Å². The number of Topliss-reactive ketones (excluding diaryl/α,β-unsaturated/α-hetero) is 1. The van der Waals surface area contributed by atoms with E-state index in [1.165, 1.54) is 0 Å². The van der Waals surface area contributed by atoms with Crippen LogP contribution in [-0.2, 0) is 24.0 Å². The fraction of sp³-hybridized carbons (Fsp3) is 0.788. The van der Waals surface area contributed by atoms with Gasteiger partial charge in [0.2, 0.25) is 23.5 Å². The van der Waals surface area contributed by atoms with E-state index in [9.17, 15) is 24.0 Å². The molecule has 0 aromatic carbocycles. The summed E-state index contributed by atoms with van der Waals surface area (Å²) in [6.07, 6.45) is 18.0. The van der Waals surface area contributed by atoms with E-state index < -0.39 is 41.1 Å². The summed E-state index contributed by atoms with van der Waals surface area (Å²) in [4.78, 5) is 67.8. The molecular formula is C33H48N4O5. The van der Waals surface area contributed by atoms with Crippen molar-refractivity contribution in [2.24, 2.45) is 40.2 Å². The lowest BCUT2D eigenvalue weighted by Gasteiger charge is -2.38. The van der Waals surface area contributed by atoms with Crippen LogP contribution in [0.2, 0.25) is 0 Å². The molecule has 1 heterocycles. The van der Waals surface area contributed by atoms with E-state index in [0.717, 1.165) is 77.0 Å². The number of terminal acetylenes is 1. The number of likely N-dealkylation sites (tertiary alicyclic amines) is 1. The second-order valence-corrected chi connectivity index (χ2v) is 14.5. The number of nitrogens with two attached hydrogens (primary N) is 1. The fourth-order valence-corrected chi connectivity index (χ4v) is 8.32. The number of hydrogen-bond donors (Lipinski definition) is 3. The van der Waals surface area contributed by atoms with Crippen molar-refractivity contribution in [3.05, 3.63) is 0 Å². The molecule has 0 aromatic rings. The Kier molecular flexibility index (Phi) is 8.74. The maximum absolute atomic E-state index is 14.4. The van der Waals surface area contributed by atoms with Gasteiger partial charge >= 0.3 is 0 Å². The molecular weight excluding hydrogens is 532 g/mol. The van der Waals surface area contributed by atoms with Crippen LogP contribution < -0.4 is 16.4 Å². The van der Waals surface area contributed by atoms with Gasteiger partial charge in [0.25, 0.3) is 5.91 Å². The Bertz CT molecular complexity index is 1140. The first-order chi connectivity index (χ1) is 20.0. The standard InChI is InChI=1S/C33H48N4O5/c1-4-33(15-9-6-10-16-33)18-24(38)36-26(21-11-7-5-8-12-21)31(42)37-19-22-25(32(22,2)3)27(37)30(41)35-23(17-20-13-14-20)28(39)29(34)40/h1,20-23,25-27H,5-19H2,2-3H3,(H2,34,40)(H,35,41)(H,36,38)/t22-,23?,25-,26-,27-/m0/s1. The minimum atomic E-state index is -1.06. The van der Waals surface area contributed by atoms with Gasteiger partial charge in [0.05, 0.1) is 6.04 Å². The number of hydrogen-bond acceptors (Lipinski definition) is 5. The molecule has 0 bridgehead atoms. The highest BCUT2D eigenvalue weighted by atomic mass is 16.2. The number of nitrogens with zero attached hydrogens (tertiary/aromatic N) is 1. The fourth-order valence-electron chi connectivity index (χ4n) is 8.32. The molecule has 0 aromatic heterocycles. The number of carbonyl (C=O) groups is 5. The van der Waals surface area contributed by atoms with E-state index in [4.69, 9.17) is 12.2 Å². The number of amides is 4. The summed E-state index contributed by atoms with van der Waals surface area (Å²) in [6, 6.07) is -2.47. The highest BCUT2D eigenvalue weighted by molar-refractivity contribution is 6.37. The molecule has 4 saturated carbocycles. The molecule has 5 atom stereocenters. The second-order valence-electron chi connectivity index (χ2n) is 14.5. The quantitative estimate of drug-likeness (QED) is 0.255. The van der Waals surface area contributed by atoms with Gasteiger partial charge in [-0.15, -0.1) is 6.42 Å². The van der Waals surface area contributed by atoms with E-state index in [-0.39, 0.29) is 47.3 Å². The van der Waals surface area contributed by atoms with Crippen LogP contribution in [0.1, 0.15) is 104 Å². The maximum Gasteiger partial charge on any atom is 0.287 e. The Hall–Kier alpha value is -2.89. The second kappa shape index (κ2) is 12.0. The molecule has 1 unspecified atom stereocenters. The molecule has 0 radical (unpaired) electrons. The summed E-state index contributed by atoms with van der Waals surface area (Å²) in [5.74, 6) is 0.600. The lowest BCUT2D eigenvalue weighted by molar-refractivity contribution is -0.146. The van der Waals surface area contributed by atoms with Crippen LogP contribution in [0.15, 0.2) is 0 Å². The van der Waals surface area contributed by atoms with E-state index in [1.54, 1.807) is 4.90 Å². The first-order valence-corrected chi connectivity index (χ1v) is 16.2. The highest BCUT2D eigenvalue weighted by Crippen LogP contribution is 2.65. The topological polar surface area (TPSA) is 139 Å². The van der Waals surface area contributed by atoms with E-state index in [2.05, 4.69) is 30.4 Å². The molecule has 5 fully saturated rings. The molecule has 1 aliphatic heterocycles. The zero-order valence-electron chi connectivity index (χ0n) is 25.3. The third-order valence-electron chi connectivity index (χ3n) is 11.2. The summed E-state index contributed by atoms with van der Waals surface area (Å²) in [6.45, 7) is 4.63. The predicted octanol–water partition coefficient (Wildman–Crippen LogP) is 2.85. The zero-order chi connectivity index (χ0) is 30.2. The summed E-state index contributed by atoms with van der Waals surface area (Å²) in [7, 11) is 0. The first kappa shape index (κ1) is 30.6. The minimum absolute atomic E-state index is 0.00366. The predicted molar refractivity (Wildman–Crippen MR) is 157 cm³/mol. The van der Waals surface area contributed by atoms with Crippen molar-refractivity contribution in [3.63, 3.8) is 0 Å². The van der Waals surface area contributed by atoms with E-state index in [0.29, 0.717) is 13.0 Å². The van der Waals surface area contributed by atoms with Crippen molar-refractivity contribution < 1.29 is 24.0 Å². The van der Waals surface area contributed by atoms with Gasteiger partial charge in [0.15, 0.2) is 0 Å². The molecule has 5 rings (SSSR count). The Morgan fingerprint density at radius 1 is 0.952 bits per heavy atom. The third-order valence-corrected chi connectivity index (χ3v) is 11.2. The molecule has 1 saturated heterocycles. The van der Waals surface area contributed by atoms with Gasteiger partial charge in [-0.3, -0.25) is 24.0 Å². The number of piperidine rings is 1. The van der Waals surface area contributed by atoms with Gasteiger partial charge in [0, 0.05) is 18.4 Å². The van der Waals surface area contributed by atoms with Crippen molar-refractivity contribution in [1.82, 2.24) is 15.5 Å². The van der Waals surface area contributed by atoms with Crippen LogP contribution in [0.5, 0.6) is 0 Å². The van der Waals surface area contributed by atoms with Gasteiger partial charge in [-0.25, -0.2) is 0 Å². The average molecular weight is 581 g/mol. The smallest absolute Gasteiger partial charge is 0.287 e. The molecule has 4 amide bonds. The summed E-state index contributed by atoms with van der Waals surface area (Å²) in [5, 5.41) is 5.94. The van der Waals surface area contributed by atoms with Crippen molar-refractivity contribution >= 4 is 29.4 Å². The van der Waals surface area contributed by atoms with Crippen molar-refractivity contribution in [2.45, 2.75) is 122 Å². The minimum Gasteiger partial charge on any atom is -0.363 e. The summed E-state index contributed by atoms with van der Waals surface area (Å²) < 4.78 is 0. The van der Waals surface area contributed by atoms with Crippen molar-refractivity contribution in [2.75, 3.05) is 6.54 Å². The molecule has 5 aliphatic rings. The van der Waals surface area contributed by atoms with Gasteiger partial charge in [-0.2, -0.15) is 0 Å². The van der Waals surface area contributed by atoms with Crippen molar-refractivity contribution in [3.8, 4) is 12.3 Å². The number of nitrogens with one attached hydrogen (secondary N) is 2. The summed E-state index contributed by atoms with van der Waals surface area (Å²) >= 11 is 0. The Morgan fingerprint density at radius 2 is 1.60 bits per heavy atom. The highest BCUT2D eigenvalue weighted by Gasteiger charge is 2.69. The van der Waals surface area contributed by atoms with Crippen LogP contribution in [0.3, 0.4) is 0 Å². The largest absolute Gasteiger partial charge is 0.363 e. The number of primary amides is 1. The normalized spacial score (nSPS) is 29.4. The molecule has 42 heavy (non-hydrogen) atoms. The monoisotopic (exact) mass is 580 g/mol. The maximum atomic E-state index is 14.4. The first-order valence-electron chi connectivity index (χ1n) is 16.2. The van der Waals surface area contributed by atoms with Crippen LogP contribution >= 0.6 is 0 Å². The van der Waals surface area contributed by atoms with Crippen LogP contribution in [-0.4, -0.2) is 59.0 Å². The molecule has 4 aliphatic carbocycles. The van der Waals surface area contributed by atoms with Crippen LogP contribution in [0.4, 0.5) is 0 Å². The number of ketones is 1. The zero-order valence-corrected chi connectivity index (χ0v) is 25.3. The number of carbonyl (C=O) groups excluding carboxylic acids is 5. The lowest BCUT2D eigenvalue weighted by Crippen LogP contribution is -2.59. The Balaban J connectivity index is 1.35. The number of rotatable bonds is 11. The molecule has 9 heteroatoms. The van der Waals surface area contributed by atoms with Gasteiger partial charge < -0.3 is 21.3 Å². The average Bonchev–Trinajstić information content (AvgIpc) is 3.83. The molecule has 230 valence electrons. The van der Waals surface area contributed by atoms with Crippen molar-refractivity contribution in [1.29, 1.82) is 0 Å². The van der Waals surface area contributed by atoms with Crippen LogP contribution in [0.25, 0.3) is 0 Å². The van der Waals surface area contributed by atoms with Gasteiger partial charge in [-0.05, 0) is 61.2 Å². The Labute approximate surface area is 249 Å². The molecule has 4 N–H and O–H groups in total. The van der Waals surface area contributed by atoms with Crippen LogP contribution in [0, 0.1) is 46.8 Å². The molecule has 0 spiro atoms. The van der Waals surface area contributed by atoms with E-state index >= 15 is 0 Å².